The number of carboxylic acids is 1. The molecule has 2 rings (SSSR count). The molecule has 0 spiro atoms. The molecule has 112 valence electrons. The van der Waals surface area contributed by atoms with Gasteiger partial charge >= 0.3 is 11.7 Å². The van der Waals surface area contributed by atoms with E-state index >= 15 is 0 Å². The van der Waals surface area contributed by atoms with Gasteiger partial charge in [-0.2, -0.15) is 4.98 Å². The minimum absolute atomic E-state index is 0.175. The lowest BCUT2D eigenvalue weighted by molar-refractivity contribution is -0.138. The van der Waals surface area contributed by atoms with Crippen LogP contribution in [0.15, 0.2) is 33.5 Å². The molecule has 6 nitrogen and oxygen atoms in total. The van der Waals surface area contributed by atoms with Crippen molar-refractivity contribution in [2.45, 2.75) is 33.2 Å². The molecule has 6 heteroatoms. The fraction of sp³-hybridized carbons (Fsp3) is 0.400. The van der Waals surface area contributed by atoms with Crippen molar-refractivity contribution < 1.29 is 14.3 Å². The zero-order valence-corrected chi connectivity index (χ0v) is 12.2. The topological polar surface area (TPSA) is 92.4 Å². The molecular weight excluding hydrogens is 272 g/mol. The van der Waals surface area contributed by atoms with Gasteiger partial charge in [-0.15, -0.1) is 0 Å². The van der Waals surface area contributed by atoms with Crippen molar-refractivity contribution in [1.29, 1.82) is 0 Å². The molecule has 0 unspecified atom stereocenters. The summed E-state index contributed by atoms with van der Waals surface area (Å²) in [4.78, 5) is 26.6. The van der Waals surface area contributed by atoms with Gasteiger partial charge in [0.1, 0.15) is 17.4 Å². The number of hydrogen-bond donors (Lipinski definition) is 2. The standard InChI is InChI=1S/C15H18N2O4/c1-15(2,3)8-10(13(18)19)16-12-9-6-4-5-7-11(9)21-14(20)17-12/h4-7,10H,8H2,1-3H3,(H,18,19)(H,16,17,20)/t10-/m0/s1. The maximum Gasteiger partial charge on any atom is 0.441 e. The van der Waals surface area contributed by atoms with Crippen LogP contribution in [0.4, 0.5) is 5.82 Å². The number of aromatic nitrogens is 1. The summed E-state index contributed by atoms with van der Waals surface area (Å²) in [6.45, 7) is 5.86. The number of carboxylic acid groups (broad SMARTS) is 1. The summed E-state index contributed by atoms with van der Waals surface area (Å²) in [6, 6.07) is 6.04. The summed E-state index contributed by atoms with van der Waals surface area (Å²) in [5, 5.41) is 12.8. The number of nitrogens with zero attached hydrogens (tertiary/aromatic N) is 1. The highest BCUT2D eigenvalue weighted by atomic mass is 16.4. The molecule has 1 aromatic carbocycles. The first-order chi connectivity index (χ1) is 9.76. The maximum atomic E-state index is 11.5. The molecule has 0 saturated heterocycles. The largest absolute Gasteiger partial charge is 0.480 e. The van der Waals surface area contributed by atoms with Crippen LogP contribution in [-0.4, -0.2) is 22.1 Å². The molecule has 1 aromatic heterocycles. The van der Waals surface area contributed by atoms with E-state index in [9.17, 15) is 14.7 Å². The van der Waals surface area contributed by atoms with Crippen molar-refractivity contribution in [3.63, 3.8) is 0 Å². The first kappa shape index (κ1) is 15.0. The van der Waals surface area contributed by atoms with Crippen LogP contribution >= 0.6 is 0 Å². The third-order valence-electron chi connectivity index (χ3n) is 2.97. The van der Waals surface area contributed by atoms with Gasteiger partial charge in [-0.05, 0) is 24.0 Å². The predicted octanol–water partition coefficient (Wildman–Crippen LogP) is 2.49. The number of carbonyl (C=O) groups is 1. The molecule has 2 N–H and O–H groups in total. The minimum Gasteiger partial charge on any atom is -0.480 e. The fourth-order valence-electron chi connectivity index (χ4n) is 2.11. The van der Waals surface area contributed by atoms with Gasteiger partial charge in [-0.25, -0.2) is 9.59 Å². The Hall–Kier alpha value is -2.37. The molecule has 0 bridgehead atoms. The summed E-state index contributed by atoms with van der Waals surface area (Å²) in [5.41, 5.74) is 0.200. The van der Waals surface area contributed by atoms with Crippen molar-refractivity contribution >= 4 is 22.8 Å². The van der Waals surface area contributed by atoms with Crippen LogP contribution in [0.25, 0.3) is 11.0 Å². The van der Waals surface area contributed by atoms with Crippen molar-refractivity contribution in [2.75, 3.05) is 5.32 Å². The number of anilines is 1. The van der Waals surface area contributed by atoms with Gasteiger partial charge in [0.15, 0.2) is 0 Å². The molecule has 1 atom stereocenters. The lowest BCUT2D eigenvalue weighted by Crippen LogP contribution is -2.34. The Morgan fingerprint density at radius 2 is 2.05 bits per heavy atom. The van der Waals surface area contributed by atoms with E-state index in [-0.39, 0.29) is 11.2 Å². The maximum absolute atomic E-state index is 11.5. The summed E-state index contributed by atoms with van der Waals surface area (Å²) >= 11 is 0. The van der Waals surface area contributed by atoms with Gasteiger partial charge < -0.3 is 14.8 Å². The van der Waals surface area contributed by atoms with Gasteiger partial charge in [-0.1, -0.05) is 32.9 Å². The van der Waals surface area contributed by atoms with Crippen LogP contribution in [-0.2, 0) is 4.79 Å². The molecule has 0 aliphatic rings. The second-order valence-electron chi connectivity index (χ2n) is 6.12. The number of fused-ring (bicyclic) bond motifs is 1. The van der Waals surface area contributed by atoms with E-state index in [2.05, 4.69) is 10.3 Å². The summed E-state index contributed by atoms with van der Waals surface area (Å²) in [5.74, 6) is -1.50. The summed E-state index contributed by atoms with van der Waals surface area (Å²) in [6.07, 6.45) is 0.401. The summed E-state index contributed by atoms with van der Waals surface area (Å²) < 4.78 is 4.99. The molecule has 0 saturated carbocycles. The van der Waals surface area contributed by atoms with Crippen LogP contribution < -0.4 is 11.1 Å². The van der Waals surface area contributed by atoms with Crippen LogP contribution in [0.3, 0.4) is 0 Å². The minimum atomic E-state index is -0.982. The normalized spacial score (nSPS) is 13.1. The van der Waals surface area contributed by atoms with Gasteiger partial charge in [-0.3, -0.25) is 0 Å². The highest BCUT2D eigenvalue weighted by Crippen LogP contribution is 2.25. The Kier molecular flexibility index (Phi) is 3.97. The molecule has 0 aliphatic carbocycles. The Balaban J connectivity index is 2.41. The third-order valence-corrected chi connectivity index (χ3v) is 2.97. The highest BCUT2D eigenvalue weighted by molar-refractivity contribution is 5.89. The SMILES string of the molecule is CC(C)(C)C[C@H](Nc1nc(=O)oc2ccccc12)C(=O)O. The summed E-state index contributed by atoms with van der Waals surface area (Å²) in [7, 11) is 0. The molecule has 21 heavy (non-hydrogen) atoms. The molecule has 0 radical (unpaired) electrons. The van der Waals surface area contributed by atoms with E-state index in [0.29, 0.717) is 17.4 Å². The molecular formula is C15H18N2O4. The molecule has 0 amide bonds. The first-order valence-corrected chi connectivity index (χ1v) is 6.65. The van der Waals surface area contributed by atoms with Crippen LogP contribution in [0.5, 0.6) is 0 Å². The fourth-order valence-corrected chi connectivity index (χ4v) is 2.11. The van der Waals surface area contributed by atoms with E-state index in [4.69, 9.17) is 4.42 Å². The third kappa shape index (κ3) is 3.81. The Morgan fingerprint density at radius 1 is 1.38 bits per heavy atom. The predicted molar refractivity (Wildman–Crippen MR) is 79.4 cm³/mol. The number of benzene rings is 1. The van der Waals surface area contributed by atoms with Crippen molar-refractivity contribution in [1.82, 2.24) is 4.98 Å². The highest BCUT2D eigenvalue weighted by Gasteiger charge is 2.25. The lowest BCUT2D eigenvalue weighted by Gasteiger charge is -2.24. The zero-order valence-electron chi connectivity index (χ0n) is 12.2. The molecule has 2 aromatic rings. The quantitative estimate of drug-likeness (QED) is 0.898. The zero-order chi connectivity index (χ0) is 15.6. The van der Waals surface area contributed by atoms with Gasteiger partial charge in [0, 0.05) is 0 Å². The second kappa shape index (κ2) is 5.55. The first-order valence-electron chi connectivity index (χ1n) is 6.65. The number of nitrogens with one attached hydrogen (secondary N) is 1. The average Bonchev–Trinajstić information content (AvgIpc) is 2.36. The Labute approximate surface area is 121 Å². The van der Waals surface area contributed by atoms with Gasteiger partial charge in [0.25, 0.3) is 0 Å². The second-order valence-corrected chi connectivity index (χ2v) is 6.12. The number of para-hydroxylation sites is 1. The molecule has 0 aliphatic heterocycles. The van der Waals surface area contributed by atoms with Crippen LogP contribution in [0.2, 0.25) is 0 Å². The lowest BCUT2D eigenvalue weighted by atomic mass is 9.88. The monoisotopic (exact) mass is 290 g/mol. The van der Waals surface area contributed by atoms with Crippen molar-refractivity contribution in [3.05, 3.63) is 34.8 Å². The number of hydrogen-bond acceptors (Lipinski definition) is 5. The number of rotatable bonds is 4. The van der Waals surface area contributed by atoms with E-state index in [1.807, 2.05) is 20.8 Å². The average molecular weight is 290 g/mol. The molecule has 1 heterocycles. The van der Waals surface area contributed by atoms with Gasteiger partial charge in [0.2, 0.25) is 0 Å². The smallest absolute Gasteiger partial charge is 0.441 e. The number of aliphatic carboxylic acids is 1. The Morgan fingerprint density at radius 3 is 2.67 bits per heavy atom. The van der Waals surface area contributed by atoms with E-state index < -0.39 is 17.8 Å². The van der Waals surface area contributed by atoms with Crippen molar-refractivity contribution in [3.8, 4) is 0 Å². The van der Waals surface area contributed by atoms with Crippen molar-refractivity contribution in [2.24, 2.45) is 5.41 Å². The van der Waals surface area contributed by atoms with E-state index in [0.717, 1.165) is 0 Å². The van der Waals surface area contributed by atoms with E-state index in [1.54, 1.807) is 24.3 Å². The van der Waals surface area contributed by atoms with Crippen LogP contribution in [0, 0.1) is 5.41 Å². The van der Waals surface area contributed by atoms with E-state index in [1.165, 1.54) is 0 Å². The molecule has 0 fully saturated rings. The Bertz CT molecular complexity index is 715. The van der Waals surface area contributed by atoms with Crippen LogP contribution in [0.1, 0.15) is 27.2 Å². The van der Waals surface area contributed by atoms with Gasteiger partial charge in [0.05, 0.1) is 5.39 Å².